The topological polar surface area (TPSA) is 60.2 Å². The van der Waals surface area contributed by atoms with Crippen LogP contribution in [0.4, 0.5) is 10.8 Å². The number of nitrogens with one attached hydrogen (secondary N) is 1. The Morgan fingerprint density at radius 1 is 1.25 bits per heavy atom. The van der Waals surface area contributed by atoms with Gasteiger partial charge in [-0.25, -0.2) is 0 Å². The molecule has 106 valence electrons. The van der Waals surface area contributed by atoms with Crippen molar-refractivity contribution in [2.24, 2.45) is 5.92 Å². The third-order valence-electron chi connectivity index (χ3n) is 3.67. The number of aromatic nitrogens is 1. The number of hydrogen-bond acceptors (Lipinski definition) is 5. The lowest BCUT2D eigenvalue weighted by molar-refractivity contribution is 0.0699. The molecule has 0 saturated carbocycles. The van der Waals surface area contributed by atoms with Crippen molar-refractivity contribution in [2.75, 3.05) is 30.8 Å². The van der Waals surface area contributed by atoms with E-state index in [2.05, 4.69) is 21.8 Å². The average Bonchev–Trinajstić information content (AvgIpc) is 2.88. The van der Waals surface area contributed by atoms with E-state index in [1.54, 1.807) is 0 Å². The molecule has 0 atom stereocenters. The van der Waals surface area contributed by atoms with E-state index < -0.39 is 0 Å². The van der Waals surface area contributed by atoms with Crippen molar-refractivity contribution in [2.45, 2.75) is 12.8 Å². The molecule has 5 heteroatoms. The summed E-state index contributed by atoms with van der Waals surface area (Å²) < 4.78 is 9.68. The van der Waals surface area contributed by atoms with E-state index in [0.717, 1.165) is 48.7 Å². The van der Waals surface area contributed by atoms with Crippen molar-refractivity contribution in [3.05, 3.63) is 30.3 Å². The third kappa shape index (κ3) is 2.94. The number of ether oxygens (including phenoxy) is 1. The van der Waals surface area contributed by atoms with Crippen LogP contribution in [0.15, 0.2) is 30.3 Å². The van der Waals surface area contributed by atoms with E-state index in [4.69, 9.17) is 10.5 Å². The Labute approximate surface area is 123 Å². The van der Waals surface area contributed by atoms with Gasteiger partial charge in [-0.1, -0.05) is 30.3 Å². The Morgan fingerprint density at radius 2 is 2.00 bits per heavy atom. The summed E-state index contributed by atoms with van der Waals surface area (Å²) in [5.74, 6) is 1.28. The van der Waals surface area contributed by atoms with Crippen molar-refractivity contribution >= 4 is 22.4 Å². The lowest BCUT2D eigenvalue weighted by Gasteiger charge is -2.22. The highest BCUT2D eigenvalue weighted by atomic mass is 32.1. The van der Waals surface area contributed by atoms with Crippen LogP contribution in [0.2, 0.25) is 0 Å². The van der Waals surface area contributed by atoms with Gasteiger partial charge in [-0.15, -0.1) is 0 Å². The molecule has 1 saturated heterocycles. The van der Waals surface area contributed by atoms with Crippen LogP contribution in [0.5, 0.6) is 0 Å². The summed E-state index contributed by atoms with van der Waals surface area (Å²) >= 11 is 1.44. The van der Waals surface area contributed by atoms with Gasteiger partial charge < -0.3 is 15.8 Å². The van der Waals surface area contributed by atoms with Crippen LogP contribution in [-0.2, 0) is 4.74 Å². The first kappa shape index (κ1) is 13.4. The minimum Gasteiger partial charge on any atom is -0.382 e. The normalized spacial score (nSPS) is 16.2. The first-order valence-corrected chi connectivity index (χ1v) is 7.74. The maximum atomic E-state index is 6.02. The number of rotatable bonds is 4. The van der Waals surface area contributed by atoms with E-state index in [0.29, 0.717) is 11.7 Å². The number of anilines is 2. The summed E-state index contributed by atoms with van der Waals surface area (Å²) in [4.78, 5) is 0. The van der Waals surface area contributed by atoms with E-state index >= 15 is 0 Å². The summed E-state index contributed by atoms with van der Waals surface area (Å²) in [5.41, 5.74) is 8.17. The van der Waals surface area contributed by atoms with Crippen LogP contribution in [0.1, 0.15) is 12.8 Å². The van der Waals surface area contributed by atoms with Crippen LogP contribution in [0, 0.1) is 5.92 Å². The predicted octanol–water partition coefficient (Wildman–Crippen LogP) is 3.23. The average molecular weight is 289 g/mol. The molecule has 2 aromatic rings. The zero-order valence-corrected chi connectivity index (χ0v) is 12.2. The summed E-state index contributed by atoms with van der Waals surface area (Å²) in [6.45, 7) is 2.72. The fourth-order valence-electron chi connectivity index (χ4n) is 2.49. The second kappa shape index (κ2) is 6.24. The van der Waals surface area contributed by atoms with Gasteiger partial charge in [0.2, 0.25) is 0 Å². The summed E-state index contributed by atoms with van der Waals surface area (Å²) in [5, 5.41) is 4.59. The monoisotopic (exact) mass is 289 g/mol. The standard InChI is InChI=1S/C15H19N3OS/c16-14-13(12-4-2-1-3-5-12)15(20-18-14)17-10-11-6-8-19-9-7-11/h1-5,11,17H,6-10H2,(H2,16,18). The van der Waals surface area contributed by atoms with E-state index in [1.165, 1.54) is 11.5 Å². The molecule has 0 unspecified atom stereocenters. The molecule has 0 aliphatic carbocycles. The Balaban J connectivity index is 1.74. The zero-order valence-electron chi connectivity index (χ0n) is 11.3. The van der Waals surface area contributed by atoms with Crippen LogP contribution in [0.3, 0.4) is 0 Å². The van der Waals surface area contributed by atoms with Crippen molar-refractivity contribution in [1.29, 1.82) is 0 Å². The van der Waals surface area contributed by atoms with E-state index in [1.807, 2.05) is 18.2 Å². The van der Waals surface area contributed by atoms with Crippen LogP contribution in [-0.4, -0.2) is 24.1 Å². The van der Waals surface area contributed by atoms with E-state index in [-0.39, 0.29) is 0 Å². The Kier molecular flexibility index (Phi) is 4.18. The maximum Gasteiger partial charge on any atom is 0.147 e. The molecule has 3 rings (SSSR count). The lowest BCUT2D eigenvalue weighted by Crippen LogP contribution is -2.22. The van der Waals surface area contributed by atoms with Gasteiger partial charge in [0.25, 0.3) is 0 Å². The molecule has 20 heavy (non-hydrogen) atoms. The minimum absolute atomic E-state index is 0.607. The molecular formula is C15H19N3OS. The van der Waals surface area contributed by atoms with Gasteiger partial charge in [0.05, 0.1) is 5.56 Å². The highest BCUT2D eigenvalue weighted by molar-refractivity contribution is 7.11. The summed E-state index contributed by atoms with van der Waals surface area (Å²) in [6, 6.07) is 10.2. The lowest BCUT2D eigenvalue weighted by atomic mass is 10.0. The number of nitrogen functional groups attached to an aromatic ring is 1. The van der Waals surface area contributed by atoms with Gasteiger partial charge >= 0.3 is 0 Å². The van der Waals surface area contributed by atoms with Gasteiger partial charge in [0.1, 0.15) is 10.8 Å². The largest absolute Gasteiger partial charge is 0.382 e. The van der Waals surface area contributed by atoms with Crippen molar-refractivity contribution < 1.29 is 4.74 Å². The molecule has 1 aromatic heterocycles. The first-order valence-electron chi connectivity index (χ1n) is 6.97. The molecule has 1 aliphatic rings. The second-order valence-electron chi connectivity index (χ2n) is 5.07. The molecule has 0 amide bonds. The summed E-state index contributed by atoms with van der Waals surface area (Å²) in [6.07, 6.45) is 2.25. The summed E-state index contributed by atoms with van der Waals surface area (Å²) in [7, 11) is 0. The number of benzene rings is 1. The van der Waals surface area contributed by atoms with E-state index in [9.17, 15) is 0 Å². The fourth-order valence-corrected chi connectivity index (χ4v) is 3.24. The molecule has 0 bridgehead atoms. The molecule has 0 radical (unpaired) electrons. The predicted molar refractivity (Wildman–Crippen MR) is 84.0 cm³/mol. The highest BCUT2D eigenvalue weighted by Crippen LogP contribution is 2.36. The Bertz CT molecular complexity index is 550. The third-order valence-corrected chi connectivity index (χ3v) is 4.49. The van der Waals surface area contributed by atoms with Crippen molar-refractivity contribution in [3.8, 4) is 11.1 Å². The van der Waals surface area contributed by atoms with Gasteiger partial charge in [0.15, 0.2) is 0 Å². The zero-order chi connectivity index (χ0) is 13.8. The highest BCUT2D eigenvalue weighted by Gasteiger charge is 2.17. The van der Waals surface area contributed by atoms with Gasteiger partial charge in [-0.2, -0.15) is 4.37 Å². The molecule has 4 nitrogen and oxygen atoms in total. The van der Waals surface area contributed by atoms with Crippen molar-refractivity contribution in [3.63, 3.8) is 0 Å². The number of nitrogens with zero attached hydrogens (tertiary/aromatic N) is 1. The van der Waals surface area contributed by atoms with Gasteiger partial charge in [0, 0.05) is 19.8 Å². The smallest absolute Gasteiger partial charge is 0.147 e. The van der Waals surface area contributed by atoms with Crippen LogP contribution >= 0.6 is 11.5 Å². The maximum absolute atomic E-state index is 6.02. The second-order valence-corrected chi connectivity index (χ2v) is 5.85. The molecule has 1 fully saturated rings. The quantitative estimate of drug-likeness (QED) is 0.907. The number of hydrogen-bond donors (Lipinski definition) is 2. The van der Waals surface area contributed by atoms with Gasteiger partial charge in [-0.3, -0.25) is 0 Å². The van der Waals surface area contributed by atoms with Crippen LogP contribution in [0.25, 0.3) is 11.1 Å². The Hall–Kier alpha value is -1.59. The SMILES string of the molecule is Nc1nsc(NCC2CCOCC2)c1-c1ccccc1. The van der Waals surface area contributed by atoms with Crippen LogP contribution < -0.4 is 11.1 Å². The number of nitrogens with two attached hydrogens (primary N) is 1. The molecule has 0 spiro atoms. The first-order chi connectivity index (χ1) is 9.84. The Morgan fingerprint density at radius 3 is 2.75 bits per heavy atom. The molecule has 2 heterocycles. The minimum atomic E-state index is 0.607. The molecule has 3 N–H and O–H groups in total. The fraction of sp³-hybridized carbons (Fsp3) is 0.400. The van der Waals surface area contributed by atoms with Gasteiger partial charge in [-0.05, 0) is 35.9 Å². The molecule has 1 aromatic carbocycles. The molecule has 1 aliphatic heterocycles. The molecular weight excluding hydrogens is 270 g/mol. The van der Waals surface area contributed by atoms with Crippen molar-refractivity contribution in [1.82, 2.24) is 4.37 Å².